The Balaban J connectivity index is 1.64. The topological polar surface area (TPSA) is 102 Å². The first-order valence-corrected chi connectivity index (χ1v) is 9.80. The molecule has 142 valence electrons. The molecular weight excluding hydrogens is 332 g/mol. The first kappa shape index (κ1) is 17.1. The zero-order chi connectivity index (χ0) is 17.7. The zero-order valence-corrected chi connectivity index (χ0v) is 15.2. The van der Waals surface area contributed by atoms with Gasteiger partial charge in [0.2, 0.25) is 0 Å². The van der Waals surface area contributed by atoms with Gasteiger partial charge in [-0.25, -0.2) is 0 Å². The van der Waals surface area contributed by atoms with Crippen molar-refractivity contribution in [2.24, 2.45) is 11.5 Å². The highest BCUT2D eigenvalue weighted by Gasteiger charge is 2.35. The summed E-state index contributed by atoms with van der Waals surface area (Å²) in [7, 11) is 0. The molecule has 4 aliphatic heterocycles. The minimum atomic E-state index is 0.318. The lowest BCUT2D eigenvalue weighted by Crippen LogP contribution is -2.21. The molecule has 4 N–H and O–H groups in total. The molecule has 0 spiro atoms. The molecule has 0 saturated carbocycles. The number of hydrogen-bond donors (Lipinski definition) is 2. The smallest absolute Gasteiger partial charge is 0.0850 e. The first-order chi connectivity index (χ1) is 12.8. The fourth-order valence-electron chi connectivity index (χ4n) is 4.23. The third-order valence-corrected chi connectivity index (χ3v) is 5.93. The van der Waals surface area contributed by atoms with E-state index in [1.54, 1.807) is 0 Å². The normalized spacial score (nSPS) is 31.2. The van der Waals surface area contributed by atoms with Gasteiger partial charge in [-0.3, -0.25) is 0 Å². The minimum absolute atomic E-state index is 0.318. The molecule has 4 saturated heterocycles. The van der Waals surface area contributed by atoms with Crippen LogP contribution in [0.2, 0.25) is 0 Å². The SMILES string of the molecule is NCc1c(CC2CO2)c(CN)c(CC2CO2)c(CC2CO2)c1CC1CO1. The second-order valence-electron chi connectivity index (χ2n) is 7.92. The maximum absolute atomic E-state index is 6.27. The number of rotatable bonds is 10. The molecular formula is C20H28N2O4. The van der Waals surface area contributed by atoms with Crippen molar-refractivity contribution in [3.05, 3.63) is 33.4 Å². The molecule has 4 unspecified atom stereocenters. The van der Waals surface area contributed by atoms with Gasteiger partial charge in [0.1, 0.15) is 0 Å². The Morgan fingerprint density at radius 3 is 0.962 bits per heavy atom. The summed E-state index contributed by atoms with van der Waals surface area (Å²) in [5.41, 5.74) is 20.6. The molecule has 4 atom stereocenters. The second kappa shape index (κ2) is 6.86. The molecule has 0 radical (unpaired) electrons. The number of ether oxygens (including phenoxy) is 4. The summed E-state index contributed by atoms with van der Waals surface area (Å²) in [5, 5.41) is 0. The predicted octanol–water partition coefficient (Wildman–Crippen LogP) is 0.369. The lowest BCUT2D eigenvalue weighted by molar-refractivity contribution is 0.396. The van der Waals surface area contributed by atoms with E-state index in [4.69, 9.17) is 30.4 Å². The predicted molar refractivity (Wildman–Crippen MR) is 96.0 cm³/mol. The lowest BCUT2D eigenvalue weighted by atomic mass is 9.80. The average molecular weight is 360 g/mol. The monoisotopic (exact) mass is 360 g/mol. The van der Waals surface area contributed by atoms with Gasteiger partial charge >= 0.3 is 0 Å². The van der Waals surface area contributed by atoms with Crippen molar-refractivity contribution < 1.29 is 18.9 Å². The number of hydrogen-bond acceptors (Lipinski definition) is 6. The summed E-state index contributed by atoms with van der Waals surface area (Å²) < 4.78 is 22.2. The molecule has 4 aliphatic rings. The standard InChI is InChI=1S/C20H28N2O4/c21-5-19-16(2-12-8-24-12)15(1-11-7-23-11)17(3-13-9-25-13)20(6-22)18(19)4-14-10-26-14/h11-14H,1-10,21-22H2. The van der Waals surface area contributed by atoms with Gasteiger partial charge in [0.25, 0.3) is 0 Å². The van der Waals surface area contributed by atoms with E-state index in [1.807, 2.05) is 0 Å². The van der Waals surface area contributed by atoms with Gasteiger partial charge in [-0.15, -0.1) is 0 Å². The zero-order valence-electron chi connectivity index (χ0n) is 15.2. The van der Waals surface area contributed by atoms with Crippen LogP contribution in [0.1, 0.15) is 33.4 Å². The maximum Gasteiger partial charge on any atom is 0.0850 e. The van der Waals surface area contributed by atoms with E-state index in [9.17, 15) is 0 Å². The molecule has 0 bridgehead atoms. The molecule has 1 aromatic rings. The van der Waals surface area contributed by atoms with E-state index in [1.165, 1.54) is 33.4 Å². The third-order valence-electron chi connectivity index (χ3n) is 5.93. The Hall–Kier alpha value is -1.02. The molecule has 5 rings (SSSR count). The molecule has 0 amide bonds. The van der Waals surface area contributed by atoms with Gasteiger partial charge in [-0.05, 0) is 33.4 Å². The summed E-state index contributed by atoms with van der Waals surface area (Å²) in [6.07, 6.45) is 5.06. The van der Waals surface area contributed by atoms with Crippen LogP contribution in [0.4, 0.5) is 0 Å². The Morgan fingerprint density at radius 2 is 0.731 bits per heavy atom. The van der Waals surface area contributed by atoms with E-state index < -0.39 is 0 Å². The second-order valence-corrected chi connectivity index (χ2v) is 7.92. The van der Waals surface area contributed by atoms with Crippen LogP contribution in [0.25, 0.3) is 0 Å². The number of nitrogens with two attached hydrogens (primary N) is 2. The molecule has 1 aromatic carbocycles. The van der Waals surface area contributed by atoms with Gasteiger partial charge in [-0.2, -0.15) is 0 Å². The quantitative estimate of drug-likeness (QED) is 0.585. The Kier molecular flexibility index (Phi) is 4.51. The van der Waals surface area contributed by atoms with Crippen LogP contribution in [0.5, 0.6) is 0 Å². The van der Waals surface area contributed by atoms with Crippen LogP contribution in [0, 0.1) is 0 Å². The molecule has 4 fully saturated rings. The van der Waals surface area contributed by atoms with Crippen molar-refractivity contribution in [2.75, 3.05) is 26.4 Å². The summed E-state index contributed by atoms with van der Waals surface area (Å²) in [5.74, 6) is 0. The molecule has 26 heavy (non-hydrogen) atoms. The first-order valence-electron chi connectivity index (χ1n) is 9.80. The van der Waals surface area contributed by atoms with Crippen LogP contribution in [-0.2, 0) is 57.7 Å². The van der Waals surface area contributed by atoms with Gasteiger partial charge < -0.3 is 30.4 Å². The number of epoxide rings is 4. The average Bonchev–Trinajstić information content (AvgIpc) is 3.43. The van der Waals surface area contributed by atoms with Gasteiger partial charge in [-0.1, -0.05) is 0 Å². The van der Waals surface area contributed by atoms with Gasteiger partial charge in [0.05, 0.1) is 50.8 Å². The van der Waals surface area contributed by atoms with Crippen LogP contribution in [0.3, 0.4) is 0 Å². The number of benzene rings is 1. The van der Waals surface area contributed by atoms with Crippen LogP contribution >= 0.6 is 0 Å². The summed E-state index contributed by atoms with van der Waals surface area (Å²) in [6.45, 7) is 4.47. The minimum Gasteiger partial charge on any atom is -0.373 e. The largest absolute Gasteiger partial charge is 0.373 e. The summed E-state index contributed by atoms with van der Waals surface area (Å²) in [6, 6.07) is 0. The van der Waals surface area contributed by atoms with Gasteiger partial charge in [0, 0.05) is 38.8 Å². The highest BCUT2D eigenvalue weighted by atomic mass is 16.6. The molecule has 0 aliphatic carbocycles. The summed E-state index contributed by atoms with van der Waals surface area (Å²) >= 11 is 0. The van der Waals surface area contributed by atoms with Crippen molar-refractivity contribution >= 4 is 0 Å². The molecule has 6 nitrogen and oxygen atoms in total. The van der Waals surface area contributed by atoms with Crippen molar-refractivity contribution in [1.29, 1.82) is 0 Å². The van der Waals surface area contributed by atoms with E-state index in [-0.39, 0.29) is 0 Å². The Morgan fingerprint density at radius 1 is 0.500 bits per heavy atom. The fourth-order valence-corrected chi connectivity index (χ4v) is 4.23. The fraction of sp³-hybridized carbons (Fsp3) is 0.700. The van der Waals surface area contributed by atoms with Crippen molar-refractivity contribution in [3.63, 3.8) is 0 Å². The van der Waals surface area contributed by atoms with Crippen molar-refractivity contribution in [2.45, 2.75) is 63.2 Å². The van der Waals surface area contributed by atoms with E-state index in [2.05, 4.69) is 0 Å². The van der Waals surface area contributed by atoms with E-state index in [0.717, 1.165) is 52.1 Å². The summed E-state index contributed by atoms with van der Waals surface area (Å²) in [4.78, 5) is 0. The van der Waals surface area contributed by atoms with Crippen molar-refractivity contribution in [3.8, 4) is 0 Å². The van der Waals surface area contributed by atoms with Crippen LogP contribution in [-0.4, -0.2) is 50.8 Å². The van der Waals surface area contributed by atoms with Gasteiger partial charge in [0.15, 0.2) is 0 Å². The van der Waals surface area contributed by atoms with Crippen molar-refractivity contribution in [1.82, 2.24) is 0 Å². The third kappa shape index (κ3) is 3.67. The highest BCUT2D eigenvalue weighted by molar-refractivity contribution is 5.54. The van der Waals surface area contributed by atoms with Crippen LogP contribution < -0.4 is 11.5 Å². The molecule has 0 aromatic heterocycles. The molecule has 6 heteroatoms. The van der Waals surface area contributed by atoms with E-state index >= 15 is 0 Å². The van der Waals surface area contributed by atoms with Crippen LogP contribution in [0.15, 0.2) is 0 Å². The van der Waals surface area contributed by atoms with E-state index in [0.29, 0.717) is 37.5 Å². The highest BCUT2D eigenvalue weighted by Crippen LogP contribution is 2.37. The Labute approximate surface area is 154 Å². The maximum atomic E-state index is 6.27. The molecule has 4 heterocycles. The Bertz CT molecular complexity index is 649. The lowest BCUT2D eigenvalue weighted by Gasteiger charge is -2.26.